The van der Waals surface area contributed by atoms with Gasteiger partial charge >= 0.3 is 0 Å². The monoisotopic (exact) mass is 536 g/mol. The SMILES string of the molecule is Brc1ccc(-c2ccc3c(c2)C2(c4ccccc4-c4ccccc42)c2ccn(-c4ccccn4)c2-3)cc1. The van der Waals surface area contributed by atoms with E-state index in [4.69, 9.17) is 4.98 Å². The molecular weight excluding hydrogens is 516 g/mol. The lowest BCUT2D eigenvalue weighted by Gasteiger charge is -2.30. The molecule has 37 heavy (non-hydrogen) atoms. The van der Waals surface area contributed by atoms with Crippen molar-refractivity contribution in [1.82, 2.24) is 9.55 Å². The fourth-order valence-electron chi connectivity index (χ4n) is 6.54. The smallest absolute Gasteiger partial charge is 0.137 e. The van der Waals surface area contributed by atoms with Gasteiger partial charge in [0, 0.05) is 22.4 Å². The Morgan fingerprint density at radius 2 is 1.24 bits per heavy atom. The number of hydrogen-bond acceptors (Lipinski definition) is 1. The standard InChI is InChI=1S/C34H21BrN2/c35-24-15-12-22(13-16-24)23-14-17-27-31(21-23)34(30-18-20-37(33(27)30)32-11-5-6-19-36-32)28-9-3-1-7-25(28)26-8-2-4-10-29(26)34/h1-21H. The predicted molar refractivity (Wildman–Crippen MR) is 153 cm³/mol. The summed E-state index contributed by atoms with van der Waals surface area (Å²) < 4.78 is 3.34. The topological polar surface area (TPSA) is 17.8 Å². The molecule has 3 heteroatoms. The van der Waals surface area contributed by atoms with Gasteiger partial charge in [-0.15, -0.1) is 0 Å². The molecule has 0 amide bonds. The first-order chi connectivity index (χ1) is 18.3. The lowest BCUT2D eigenvalue weighted by Crippen LogP contribution is -2.25. The highest BCUT2D eigenvalue weighted by atomic mass is 79.9. The Bertz CT molecular complexity index is 1790. The molecule has 2 aliphatic rings. The van der Waals surface area contributed by atoms with E-state index < -0.39 is 0 Å². The van der Waals surface area contributed by atoms with Crippen LogP contribution in [-0.2, 0) is 5.41 Å². The normalized spacial score (nSPS) is 13.8. The van der Waals surface area contributed by atoms with Crippen LogP contribution in [0.2, 0.25) is 0 Å². The molecule has 2 aliphatic carbocycles. The van der Waals surface area contributed by atoms with Gasteiger partial charge in [0.2, 0.25) is 0 Å². The number of rotatable bonds is 2. The fraction of sp³-hybridized carbons (Fsp3) is 0.0294. The lowest BCUT2D eigenvalue weighted by molar-refractivity contribution is 0.795. The first-order valence-electron chi connectivity index (χ1n) is 12.5. The summed E-state index contributed by atoms with van der Waals surface area (Å²) in [6.07, 6.45) is 4.05. The largest absolute Gasteiger partial charge is 0.301 e. The number of benzene rings is 4. The van der Waals surface area contributed by atoms with Crippen LogP contribution in [0.5, 0.6) is 0 Å². The van der Waals surface area contributed by atoms with Crippen LogP contribution in [0.4, 0.5) is 0 Å². The zero-order valence-electron chi connectivity index (χ0n) is 19.9. The van der Waals surface area contributed by atoms with Gasteiger partial charge in [0.1, 0.15) is 5.82 Å². The second-order valence-electron chi connectivity index (χ2n) is 9.74. The lowest BCUT2D eigenvalue weighted by atomic mass is 9.70. The number of hydrogen-bond donors (Lipinski definition) is 0. The van der Waals surface area contributed by atoms with Crippen LogP contribution < -0.4 is 0 Å². The number of pyridine rings is 1. The molecule has 0 bridgehead atoms. The molecule has 2 aromatic heterocycles. The molecule has 0 radical (unpaired) electrons. The van der Waals surface area contributed by atoms with E-state index in [-0.39, 0.29) is 5.41 Å². The molecule has 0 unspecified atom stereocenters. The Morgan fingerprint density at radius 3 is 1.95 bits per heavy atom. The molecule has 0 fully saturated rings. The highest BCUT2D eigenvalue weighted by molar-refractivity contribution is 9.10. The summed E-state index contributed by atoms with van der Waals surface area (Å²) in [5.74, 6) is 0.934. The van der Waals surface area contributed by atoms with Gasteiger partial charge in [0.15, 0.2) is 0 Å². The molecule has 0 aliphatic heterocycles. The molecule has 0 saturated carbocycles. The summed E-state index contributed by atoms with van der Waals surface area (Å²) in [7, 11) is 0. The summed E-state index contributed by atoms with van der Waals surface area (Å²) in [5, 5.41) is 0. The second kappa shape index (κ2) is 7.64. The number of aromatic nitrogens is 2. The summed E-state index contributed by atoms with van der Waals surface area (Å²) >= 11 is 3.59. The maximum Gasteiger partial charge on any atom is 0.137 e. The quantitative estimate of drug-likeness (QED) is 0.216. The molecular formula is C34H21BrN2. The van der Waals surface area contributed by atoms with Crippen molar-refractivity contribution in [2.24, 2.45) is 0 Å². The average molecular weight is 537 g/mol. The van der Waals surface area contributed by atoms with E-state index in [2.05, 4.69) is 136 Å². The number of nitrogens with zero attached hydrogens (tertiary/aromatic N) is 2. The van der Waals surface area contributed by atoms with E-state index in [9.17, 15) is 0 Å². The van der Waals surface area contributed by atoms with E-state index in [0.717, 1.165) is 10.3 Å². The van der Waals surface area contributed by atoms with Gasteiger partial charge in [-0.1, -0.05) is 94.8 Å². The molecule has 4 aromatic carbocycles. The van der Waals surface area contributed by atoms with E-state index in [1.165, 1.54) is 55.8 Å². The molecule has 2 nitrogen and oxygen atoms in total. The molecule has 1 spiro atoms. The van der Waals surface area contributed by atoms with Gasteiger partial charge in [-0.3, -0.25) is 0 Å². The Balaban J connectivity index is 1.50. The maximum atomic E-state index is 4.71. The minimum Gasteiger partial charge on any atom is -0.301 e. The minimum atomic E-state index is -0.372. The number of halogens is 1. The number of fused-ring (bicyclic) bond motifs is 10. The first-order valence-corrected chi connectivity index (χ1v) is 13.3. The van der Waals surface area contributed by atoms with Crippen molar-refractivity contribution in [3.63, 3.8) is 0 Å². The molecule has 8 rings (SSSR count). The van der Waals surface area contributed by atoms with Crippen LogP contribution in [0.15, 0.2) is 132 Å². The van der Waals surface area contributed by atoms with E-state index in [1.807, 2.05) is 12.3 Å². The van der Waals surface area contributed by atoms with Crippen molar-refractivity contribution in [2.75, 3.05) is 0 Å². The Labute approximate surface area is 224 Å². The summed E-state index contributed by atoms with van der Waals surface area (Å²) in [5.41, 5.74) is 12.5. The van der Waals surface area contributed by atoms with E-state index in [1.54, 1.807) is 0 Å². The van der Waals surface area contributed by atoms with E-state index in [0.29, 0.717) is 0 Å². The second-order valence-corrected chi connectivity index (χ2v) is 10.7. The Hall–Kier alpha value is -4.21. The Kier molecular flexibility index (Phi) is 4.32. The summed E-state index contributed by atoms with van der Waals surface area (Å²) in [6, 6.07) is 41.8. The van der Waals surface area contributed by atoms with Crippen molar-refractivity contribution in [3.05, 3.63) is 154 Å². The fourth-order valence-corrected chi connectivity index (χ4v) is 6.80. The van der Waals surface area contributed by atoms with Crippen LogP contribution in [0, 0.1) is 0 Å². The van der Waals surface area contributed by atoms with Crippen LogP contribution in [0.25, 0.3) is 39.3 Å². The van der Waals surface area contributed by atoms with Gasteiger partial charge in [-0.25, -0.2) is 4.98 Å². The van der Waals surface area contributed by atoms with Crippen molar-refractivity contribution in [1.29, 1.82) is 0 Å². The molecule has 0 N–H and O–H groups in total. The molecule has 2 heterocycles. The van der Waals surface area contributed by atoms with Crippen LogP contribution in [0.1, 0.15) is 22.3 Å². The zero-order valence-corrected chi connectivity index (χ0v) is 21.5. The first kappa shape index (κ1) is 20.9. The molecule has 0 saturated heterocycles. The van der Waals surface area contributed by atoms with Gasteiger partial charge in [-0.05, 0) is 80.9 Å². The van der Waals surface area contributed by atoms with Gasteiger partial charge < -0.3 is 4.57 Å². The molecule has 174 valence electrons. The van der Waals surface area contributed by atoms with E-state index >= 15 is 0 Å². The van der Waals surface area contributed by atoms with Crippen LogP contribution in [0.3, 0.4) is 0 Å². The van der Waals surface area contributed by atoms with Crippen molar-refractivity contribution < 1.29 is 0 Å². The third-order valence-electron chi connectivity index (χ3n) is 7.99. The van der Waals surface area contributed by atoms with Crippen molar-refractivity contribution in [3.8, 4) is 39.3 Å². The molecule has 0 atom stereocenters. The highest BCUT2D eigenvalue weighted by Gasteiger charge is 2.52. The summed E-state index contributed by atoms with van der Waals surface area (Å²) in [6.45, 7) is 0. The maximum absolute atomic E-state index is 4.71. The van der Waals surface area contributed by atoms with Crippen molar-refractivity contribution >= 4 is 15.9 Å². The molecule has 6 aromatic rings. The Morgan fingerprint density at radius 1 is 0.568 bits per heavy atom. The summed E-state index contributed by atoms with van der Waals surface area (Å²) in [4.78, 5) is 4.71. The third kappa shape index (κ3) is 2.72. The third-order valence-corrected chi connectivity index (χ3v) is 8.52. The minimum absolute atomic E-state index is 0.372. The van der Waals surface area contributed by atoms with Crippen LogP contribution in [-0.4, -0.2) is 9.55 Å². The predicted octanol–water partition coefficient (Wildman–Crippen LogP) is 8.65. The average Bonchev–Trinajstić information content (AvgIpc) is 3.60. The van der Waals surface area contributed by atoms with Gasteiger partial charge in [-0.2, -0.15) is 0 Å². The van der Waals surface area contributed by atoms with Gasteiger partial charge in [0.25, 0.3) is 0 Å². The van der Waals surface area contributed by atoms with Crippen molar-refractivity contribution in [2.45, 2.75) is 5.41 Å². The zero-order chi connectivity index (χ0) is 24.6. The van der Waals surface area contributed by atoms with Crippen LogP contribution >= 0.6 is 15.9 Å². The van der Waals surface area contributed by atoms with Gasteiger partial charge in [0.05, 0.1) is 11.1 Å². The highest BCUT2D eigenvalue weighted by Crippen LogP contribution is 2.63.